The molecule has 184 valence electrons. The molecular weight excluding hydrogens is 396 g/mol. The Morgan fingerprint density at radius 3 is 2.38 bits per heavy atom. The first-order valence-electron chi connectivity index (χ1n) is 14.1. The van der Waals surface area contributed by atoms with Crippen LogP contribution in [0.4, 0.5) is 0 Å². The molecule has 4 aliphatic carbocycles. The largest absolute Gasteiger partial charge is 0.393 e. The van der Waals surface area contributed by atoms with Crippen molar-refractivity contribution in [3.8, 4) is 0 Å². The second kappa shape index (κ2) is 8.23. The van der Waals surface area contributed by atoms with E-state index in [1.807, 2.05) is 0 Å². The van der Waals surface area contributed by atoms with Crippen molar-refractivity contribution in [3.05, 3.63) is 0 Å². The summed E-state index contributed by atoms with van der Waals surface area (Å²) >= 11 is 0. The van der Waals surface area contributed by atoms with Gasteiger partial charge in [-0.15, -0.1) is 0 Å². The fourth-order valence-corrected chi connectivity index (χ4v) is 9.76. The van der Waals surface area contributed by atoms with Crippen LogP contribution in [0.5, 0.6) is 0 Å². The maximum absolute atomic E-state index is 10.3. The van der Waals surface area contributed by atoms with Crippen LogP contribution in [0, 0.1) is 46.3 Å². The highest BCUT2D eigenvalue weighted by Crippen LogP contribution is 2.74. The normalized spacial score (nSPS) is 53.8. The summed E-state index contributed by atoms with van der Waals surface area (Å²) in [6, 6.07) is 0. The highest BCUT2D eigenvalue weighted by molar-refractivity contribution is 5.24. The molecule has 0 amide bonds. The molecule has 6 fully saturated rings. The van der Waals surface area contributed by atoms with Gasteiger partial charge in [0.15, 0.2) is 0 Å². The summed E-state index contributed by atoms with van der Waals surface area (Å²) in [5, 5.41) is 10.3. The van der Waals surface area contributed by atoms with E-state index in [4.69, 9.17) is 9.47 Å². The number of aliphatic hydroxyl groups excluding tert-OH is 1. The zero-order valence-corrected chi connectivity index (χ0v) is 21.7. The lowest BCUT2D eigenvalue weighted by Gasteiger charge is -2.59. The fourth-order valence-electron chi connectivity index (χ4n) is 9.76. The van der Waals surface area contributed by atoms with E-state index in [0.29, 0.717) is 23.0 Å². The van der Waals surface area contributed by atoms with Crippen molar-refractivity contribution < 1.29 is 14.6 Å². The second-order valence-electron chi connectivity index (χ2n) is 13.6. The Hall–Kier alpha value is -0.120. The standard InChI is InChI=1S/C23H36O3.C6H14/c1-13(19-12-25-19)16-4-5-17-15-10-20-23(26-20)11-14(24)6-9-22(23,3)18(15)7-8-21(16,17)2;1-4-5-6(2)3/h13-20,24H,4-12H2,1-3H3;6H,4-5H2,1-3H3. The average molecular weight is 447 g/mol. The van der Waals surface area contributed by atoms with Crippen molar-refractivity contribution >= 4 is 0 Å². The van der Waals surface area contributed by atoms with Gasteiger partial charge in [0, 0.05) is 11.8 Å². The van der Waals surface area contributed by atoms with Gasteiger partial charge in [-0.05, 0) is 85.9 Å². The molecule has 1 N–H and O–H groups in total. The molecule has 6 aliphatic rings. The van der Waals surface area contributed by atoms with Crippen molar-refractivity contribution in [1.82, 2.24) is 0 Å². The molecule has 32 heavy (non-hydrogen) atoms. The third-order valence-electron chi connectivity index (χ3n) is 11.6. The van der Waals surface area contributed by atoms with Crippen molar-refractivity contribution in [1.29, 1.82) is 0 Å². The van der Waals surface area contributed by atoms with Gasteiger partial charge in [-0.2, -0.15) is 0 Å². The number of hydrogen-bond donors (Lipinski definition) is 1. The molecule has 0 bridgehead atoms. The van der Waals surface area contributed by atoms with Crippen LogP contribution in [0.3, 0.4) is 0 Å². The van der Waals surface area contributed by atoms with Gasteiger partial charge in [-0.25, -0.2) is 0 Å². The highest BCUT2D eigenvalue weighted by atomic mass is 16.6. The minimum absolute atomic E-state index is 0.0344. The van der Waals surface area contributed by atoms with E-state index < -0.39 is 0 Å². The topological polar surface area (TPSA) is 45.3 Å². The first-order valence-corrected chi connectivity index (χ1v) is 14.1. The molecule has 3 nitrogen and oxygen atoms in total. The maximum atomic E-state index is 10.3. The highest BCUT2D eigenvalue weighted by Gasteiger charge is 2.76. The maximum Gasteiger partial charge on any atom is 0.103 e. The number of rotatable bonds is 4. The summed E-state index contributed by atoms with van der Waals surface area (Å²) < 4.78 is 12.1. The van der Waals surface area contributed by atoms with Crippen molar-refractivity contribution in [2.24, 2.45) is 46.3 Å². The van der Waals surface area contributed by atoms with Gasteiger partial charge in [-0.3, -0.25) is 0 Å². The molecule has 0 aromatic heterocycles. The molecule has 3 heteroatoms. The zero-order valence-electron chi connectivity index (χ0n) is 21.7. The van der Waals surface area contributed by atoms with Gasteiger partial charge in [0.25, 0.3) is 0 Å². The van der Waals surface area contributed by atoms with Crippen LogP contribution >= 0.6 is 0 Å². The van der Waals surface area contributed by atoms with Crippen molar-refractivity contribution in [2.75, 3.05) is 6.61 Å². The van der Waals surface area contributed by atoms with Gasteiger partial charge in [0.1, 0.15) is 5.60 Å². The first-order chi connectivity index (χ1) is 15.2. The predicted molar refractivity (Wildman–Crippen MR) is 129 cm³/mol. The van der Waals surface area contributed by atoms with E-state index in [0.717, 1.165) is 55.0 Å². The molecule has 0 radical (unpaired) electrons. The molecule has 2 heterocycles. The smallest absolute Gasteiger partial charge is 0.103 e. The number of fused-ring (bicyclic) bond motifs is 4. The second-order valence-corrected chi connectivity index (χ2v) is 13.6. The molecule has 2 aliphatic heterocycles. The van der Waals surface area contributed by atoms with Crippen LogP contribution in [0.25, 0.3) is 0 Å². The predicted octanol–water partition coefficient (Wildman–Crippen LogP) is 6.61. The van der Waals surface area contributed by atoms with Crippen molar-refractivity contribution in [2.45, 2.75) is 130 Å². The molecule has 4 saturated carbocycles. The summed E-state index contributed by atoms with van der Waals surface area (Å²) in [6.07, 6.45) is 13.5. The van der Waals surface area contributed by atoms with Crippen LogP contribution in [0.2, 0.25) is 0 Å². The summed E-state index contributed by atoms with van der Waals surface area (Å²) in [4.78, 5) is 0. The molecule has 0 aromatic carbocycles. The Labute approximate surface area is 197 Å². The minimum Gasteiger partial charge on any atom is -0.393 e. The van der Waals surface area contributed by atoms with E-state index in [9.17, 15) is 5.11 Å². The molecule has 11 unspecified atom stereocenters. The van der Waals surface area contributed by atoms with Crippen LogP contribution in [-0.2, 0) is 9.47 Å². The van der Waals surface area contributed by atoms with E-state index in [1.165, 1.54) is 51.4 Å². The molecule has 6 rings (SSSR count). The fraction of sp³-hybridized carbons (Fsp3) is 1.00. The van der Waals surface area contributed by atoms with Crippen LogP contribution in [0.1, 0.15) is 106 Å². The number of epoxide rings is 2. The Balaban J connectivity index is 0.000000322. The third-order valence-corrected chi connectivity index (χ3v) is 11.6. The summed E-state index contributed by atoms with van der Waals surface area (Å²) in [5.41, 5.74) is 0.864. The summed E-state index contributed by atoms with van der Waals surface area (Å²) in [5.74, 6) is 5.05. The van der Waals surface area contributed by atoms with E-state index in [2.05, 4.69) is 41.5 Å². The van der Waals surface area contributed by atoms with Crippen molar-refractivity contribution in [3.63, 3.8) is 0 Å². The Bertz CT molecular complexity index is 688. The van der Waals surface area contributed by atoms with Gasteiger partial charge in [0.2, 0.25) is 0 Å². The monoisotopic (exact) mass is 446 g/mol. The van der Waals surface area contributed by atoms with E-state index in [1.54, 1.807) is 0 Å². The quantitative estimate of drug-likeness (QED) is 0.494. The lowest BCUT2D eigenvalue weighted by atomic mass is 9.44. The van der Waals surface area contributed by atoms with Crippen LogP contribution in [-0.4, -0.2) is 35.6 Å². The average Bonchev–Trinajstić information content (AvgIpc) is 3.64. The molecule has 11 atom stereocenters. The molecule has 2 saturated heterocycles. The molecular formula is C29H50O3. The van der Waals surface area contributed by atoms with Gasteiger partial charge < -0.3 is 14.6 Å². The summed E-state index contributed by atoms with van der Waals surface area (Å²) in [7, 11) is 0. The number of aliphatic hydroxyl groups is 1. The van der Waals surface area contributed by atoms with Crippen LogP contribution in [0.15, 0.2) is 0 Å². The zero-order chi connectivity index (χ0) is 22.9. The lowest BCUT2D eigenvalue weighted by molar-refractivity contribution is -0.117. The van der Waals surface area contributed by atoms with Crippen LogP contribution < -0.4 is 0 Å². The lowest BCUT2D eigenvalue weighted by Crippen LogP contribution is -2.58. The van der Waals surface area contributed by atoms with Gasteiger partial charge in [-0.1, -0.05) is 54.4 Å². The van der Waals surface area contributed by atoms with E-state index >= 15 is 0 Å². The van der Waals surface area contributed by atoms with Gasteiger partial charge in [0.05, 0.1) is 24.9 Å². The third kappa shape index (κ3) is 3.54. The van der Waals surface area contributed by atoms with Gasteiger partial charge >= 0.3 is 0 Å². The summed E-state index contributed by atoms with van der Waals surface area (Å²) in [6.45, 7) is 15.4. The number of ether oxygens (including phenoxy) is 2. The number of hydrogen-bond acceptors (Lipinski definition) is 3. The first kappa shape index (κ1) is 23.6. The Morgan fingerprint density at radius 2 is 1.75 bits per heavy atom. The van der Waals surface area contributed by atoms with E-state index in [-0.39, 0.29) is 11.7 Å². The molecule has 0 aromatic rings. The Morgan fingerprint density at radius 1 is 1.00 bits per heavy atom. The Kier molecular flexibility index (Phi) is 6.07. The SMILES string of the molecule is CC(C1CO1)C1CCC2C3CC4OC45CC(O)CCC5(C)C3CCC12C.CCCC(C)C. The minimum atomic E-state index is -0.131. The molecule has 1 spiro atoms.